The number of amides is 2. The van der Waals surface area contributed by atoms with Crippen molar-refractivity contribution in [1.82, 2.24) is 9.80 Å². The summed E-state index contributed by atoms with van der Waals surface area (Å²) in [5, 5.41) is 0. The monoisotopic (exact) mass is 420 g/mol. The van der Waals surface area contributed by atoms with Gasteiger partial charge in [-0.3, -0.25) is 9.59 Å². The Bertz CT molecular complexity index is 921. The molecule has 2 aliphatic rings. The van der Waals surface area contributed by atoms with Crippen LogP contribution in [-0.4, -0.2) is 61.5 Å². The van der Waals surface area contributed by atoms with Crippen molar-refractivity contribution in [2.24, 2.45) is 5.41 Å². The van der Waals surface area contributed by atoms with Crippen LogP contribution in [0.1, 0.15) is 31.2 Å². The predicted molar refractivity (Wildman–Crippen MR) is 121 cm³/mol. The second-order valence-electron chi connectivity index (χ2n) is 9.09. The summed E-state index contributed by atoms with van der Waals surface area (Å²) in [6.07, 6.45) is 3.61. The first-order chi connectivity index (χ1) is 15.0. The summed E-state index contributed by atoms with van der Waals surface area (Å²) in [5.74, 6) is 0.147. The van der Waals surface area contributed by atoms with Crippen molar-refractivity contribution in [3.63, 3.8) is 0 Å². The van der Waals surface area contributed by atoms with Crippen molar-refractivity contribution >= 4 is 11.8 Å². The summed E-state index contributed by atoms with van der Waals surface area (Å²) in [4.78, 5) is 30.0. The van der Waals surface area contributed by atoms with Gasteiger partial charge in [0, 0.05) is 33.8 Å². The molecule has 2 atom stereocenters. The highest BCUT2D eigenvalue weighted by molar-refractivity contribution is 5.86. The van der Waals surface area contributed by atoms with E-state index in [-0.39, 0.29) is 17.9 Å². The Labute approximate surface area is 185 Å². The van der Waals surface area contributed by atoms with E-state index < -0.39 is 5.41 Å². The van der Waals surface area contributed by atoms with Crippen LogP contribution < -0.4 is 0 Å². The minimum absolute atomic E-state index is 0.0474. The van der Waals surface area contributed by atoms with Crippen LogP contribution in [0.3, 0.4) is 0 Å². The van der Waals surface area contributed by atoms with E-state index in [0.717, 1.165) is 42.4 Å². The molecule has 0 aliphatic carbocycles. The van der Waals surface area contributed by atoms with E-state index in [1.165, 1.54) is 0 Å². The highest BCUT2D eigenvalue weighted by atomic mass is 16.5. The molecule has 2 amide bonds. The van der Waals surface area contributed by atoms with Gasteiger partial charge < -0.3 is 14.5 Å². The van der Waals surface area contributed by atoms with Gasteiger partial charge in [0.25, 0.3) is 5.91 Å². The van der Waals surface area contributed by atoms with Gasteiger partial charge in [0.15, 0.2) is 0 Å². The van der Waals surface area contributed by atoms with Crippen molar-refractivity contribution in [2.45, 2.75) is 38.2 Å². The second-order valence-corrected chi connectivity index (χ2v) is 9.09. The SMILES string of the molecule is CN(C)C(=O)[C@@]1(Cc2cccc(-c3ccccc3)c2)CCCN(C(=O)[C@@H]2CCCO2)C1. The molecular formula is C26H32N2O3. The van der Waals surface area contributed by atoms with Gasteiger partial charge in [-0.2, -0.15) is 0 Å². The minimum Gasteiger partial charge on any atom is -0.368 e. The number of benzene rings is 2. The Morgan fingerprint density at radius 3 is 2.55 bits per heavy atom. The van der Waals surface area contributed by atoms with Crippen molar-refractivity contribution < 1.29 is 14.3 Å². The summed E-state index contributed by atoms with van der Waals surface area (Å²) in [5.41, 5.74) is 2.83. The zero-order valence-electron chi connectivity index (χ0n) is 18.5. The topological polar surface area (TPSA) is 49.9 Å². The maximum atomic E-state index is 13.4. The third-order valence-corrected chi connectivity index (χ3v) is 6.53. The molecule has 0 saturated carbocycles. The molecule has 0 bridgehead atoms. The number of rotatable bonds is 5. The van der Waals surface area contributed by atoms with Crippen molar-refractivity contribution in [1.29, 1.82) is 0 Å². The quantitative estimate of drug-likeness (QED) is 0.740. The smallest absolute Gasteiger partial charge is 0.251 e. The molecule has 0 aromatic heterocycles. The average Bonchev–Trinajstić information content (AvgIpc) is 3.34. The lowest BCUT2D eigenvalue weighted by Gasteiger charge is -2.43. The molecule has 2 aromatic rings. The van der Waals surface area contributed by atoms with Gasteiger partial charge in [0.1, 0.15) is 6.10 Å². The first-order valence-electron chi connectivity index (χ1n) is 11.2. The van der Waals surface area contributed by atoms with Crippen molar-refractivity contribution in [2.75, 3.05) is 33.8 Å². The molecule has 164 valence electrons. The number of carbonyl (C=O) groups excluding carboxylic acids is 2. The maximum Gasteiger partial charge on any atom is 0.251 e. The van der Waals surface area contributed by atoms with Crippen LogP contribution in [0.5, 0.6) is 0 Å². The number of likely N-dealkylation sites (tertiary alicyclic amines) is 1. The van der Waals surface area contributed by atoms with Gasteiger partial charge in [-0.05, 0) is 48.8 Å². The zero-order chi connectivity index (χ0) is 21.8. The van der Waals surface area contributed by atoms with E-state index in [2.05, 4.69) is 36.4 Å². The van der Waals surface area contributed by atoms with Gasteiger partial charge in [-0.15, -0.1) is 0 Å². The number of nitrogens with zero attached hydrogens (tertiary/aromatic N) is 2. The average molecular weight is 421 g/mol. The fourth-order valence-electron chi connectivity index (χ4n) is 5.05. The standard InChI is InChI=1S/C26H32N2O3/c1-27(2)25(30)26(14-8-15-28(19-26)24(29)23-13-7-16-31-23)18-20-9-6-12-22(17-20)21-10-4-3-5-11-21/h3-6,9-12,17,23H,7-8,13-16,18-19H2,1-2H3/t23-,26+/m0/s1. The van der Waals surface area contributed by atoms with Crippen LogP contribution in [0.25, 0.3) is 11.1 Å². The largest absolute Gasteiger partial charge is 0.368 e. The van der Waals surface area contributed by atoms with Gasteiger partial charge >= 0.3 is 0 Å². The lowest BCUT2D eigenvalue weighted by atomic mass is 9.73. The Morgan fingerprint density at radius 1 is 1.06 bits per heavy atom. The molecule has 2 aromatic carbocycles. The lowest BCUT2D eigenvalue weighted by Crippen LogP contribution is -2.55. The summed E-state index contributed by atoms with van der Waals surface area (Å²) in [6.45, 7) is 1.81. The van der Waals surface area contributed by atoms with Gasteiger partial charge in [0.2, 0.25) is 5.91 Å². The number of hydrogen-bond acceptors (Lipinski definition) is 3. The van der Waals surface area contributed by atoms with E-state index in [0.29, 0.717) is 26.1 Å². The van der Waals surface area contributed by atoms with E-state index in [1.54, 1.807) is 4.90 Å². The molecule has 2 heterocycles. The number of ether oxygens (including phenoxy) is 1. The molecule has 0 radical (unpaired) electrons. The third kappa shape index (κ3) is 4.67. The molecule has 5 nitrogen and oxygen atoms in total. The molecule has 31 heavy (non-hydrogen) atoms. The van der Waals surface area contributed by atoms with Gasteiger partial charge in [-0.25, -0.2) is 0 Å². The fraction of sp³-hybridized carbons (Fsp3) is 0.462. The van der Waals surface area contributed by atoms with Crippen LogP contribution in [0, 0.1) is 5.41 Å². The first kappa shape index (κ1) is 21.6. The van der Waals surface area contributed by atoms with Crippen molar-refractivity contribution in [3.8, 4) is 11.1 Å². The highest BCUT2D eigenvalue weighted by Gasteiger charge is 2.45. The minimum atomic E-state index is -0.606. The van der Waals surface area contributed by atoms with E-state index in [1.807, 2.05) is 37.2 Å². The predicted octanol–water partition coefficient (Wildman–Crippen LogP) is 3.77. The van der Waals surface area contributed by atoms with Gasteiger partial charge in [0.05, 0.1) is 5.41 Å². The normalized spacial score (nSPS) is 23.5. The van der Waals surface area contributed by atoms with E-state index >= 15 is 0 Å². The van der Waals surface area contributed by atoms with E-state index in [9.17, 15) is 9.59 Å². The summed E-state index contributed by atoms with van der Waals surface area (Å²) in [7, 11) is 3.62. The maximum absolute atomic E-state index is 13.4. The Balaban J connectivity index is 1.61. The van der Waals surface area contributed by atoms with Gasteiger partial charge in [-0.1, -0.05) is 54.6 Å². The van der Waals surface area contributed by atoms with Crippen molar-refractivity contribution in [3.05, 3.63) is 60.2 Å². The summed E-state index contributed by atoms with van der Waals surface area (Å²) in [6, 6.07) is 18.7. The molecule has 4 rings (SSSR count). The van der Waals surface area contributed by atoms with Crippen LogP contribution in [0.4, 0.5) is 0 Å². The van der Waals surface area contributed by atoms with Crippen LogP contribution in [0.15, 0.2) is 54.6 Å². The van der Waals surface area contributed by atoms with Crippen LogP contribution in [0.2, 0.25) is 0 Å². The molecule has 2 fully saturated rings. The van der Waals surface area contributed by atoms with Crippen LogP contribution >= 0.6 is 0 Å². The highest BCUT2D eigenvalue weighted by Crippen LogP contribution is 2.37. The van der Waals surface area contributed by atoms with E-state index in [4.69, 9.17) is 4.74 Å². The molecule has 2 saturated heterocycles. The molecule has 0 unspecified atom stereocenters. The zero-order valence-corrected chi connectivity index (χ0v) is 18.5. The second kappa shape index (κ2) is 9.23. The number of hydrogen-bond donors (Lipinski definition) is 0. The summed E-state index contributed by atoms with van der Waals surface area (Å²) < 4.78 is 5.64. The third-order valence-electron chi connectivity index (χ3n) is 6.53. The molecule has 0 spiro atoms. The molecule has 0 N–H and O–H groups in total. The number of piperidine rings is 1. The molecular weight excluding hydrogens is 388 g/mol. The molecule has 2 aliphatic heterocycles. The molecule has 5 heteroatoms. The Kier molecular flexibility index (Phi) is 6.42. The Hall–Kier alpha value is -2.66. The Morgan fingerprint density at radius 2 is 1.84 bits per heavy atom. The lowest BCUT2D eigenvalue weighted by molar-refractivity contribution is -0.151. The first-order valence-corrected chi connectivity index (χ1v) is 11.2. The van der Waals surface area contributed by atoms with Crippen LogP contribution in [-0.2, 0) is 20.7 Å². The summed E-state index contributed by atoms with van der Waals surface area (Å²) >= 11 is 0. The number of carbonyl (C=O) groups is 2. The fourth-order valence-corrected chi connectivity index (χ4v) is 5.05.